The zero-order valence-electron chi connectivity index (χ0n) is 9.79. The van der Waals surface area contributed by atoms with E-state index in [-0.39, 0.29) is 0 Å². The van der Waals surface area contributed by atoms with Crippen LogP contribution in [0.25, 0.3) is 20.2 Å². The Labute approximate surface area is 119 Å². The standard InChI is InChI=1S/C12H9S2.ClHO4/c1-8-6-12-10(7-13-8)9-4-2-3-5-11(9)14-12;2-1(3,4)5/h2-7H,1H3;(H,2,3,4,5)/q+1;/p-1. The van der Waals surface area contributed by atoms with Crippen LogP contribution in [0.3, 0.4) is 0 Å². The lowest BCUT2D eigenvalue weighted by molar-refractivity contribution is -2.00. The Morgan fingerprint density at radius 1 is 1.00 bits per heavy atom. The summed E-state index contributed by atoms with van der Waals surface area (Å²) in [6.45, 7) is 2.16. The predicted molar refractivity (Wildman–Crippen MR) is 66.4 cm³/mol. The maximum absolute atomic E-state index is 8.49. The second kappa shape index (κ2) is 5.64. The molecule has 0 aliphatic rings. The minimum atomic E-state index is -4.94. The summed E-state index contributed by atoms with van der Waals surface area (Å²) in [6.07, 6.45) is 0. The molecular formula is C12H9ClO4S2. The first-order valence-corrected chi connectivity index (χ1v) is 8.09. The molecule has 2 heterocycles. The lowest BCUT2D eigenvalue weighted by Gasteiger charge is -2.17. The van der Waals surface area contributed by atoms with E-state index in [0.29, 0.717) is 0 Å². The molecule has 0 amide bonds. The Balaban J connectivity index is 0.000000232. The van der Waals surface area contributed by atoms with E-state index < -0.39 is 10.2 Å². The van der Waals surface area contributed by atoms with Gasteiger partial charge in [-0.15, -0.1) is 21.6 Å². The van der Waals surface area contributed by atoms with Crippen LogP contribution in [0.4, 0.5) is 0 Å². The molecular weight excluding hydrogens is 308 g/mol. The number of hydrogen-bond acceptors (Lipinski definition) is 5. The van der Waals surface area contributed by atoms with E-state index in [4.69, 9.17) is 18.6 Å². The van der Waals surface area contributed by atoms with Crippen molar-refractivity contribution in [1.82, 2.24) is 0 Å². The van der Waals surface area contributed by atoms with Gasteiger partial charge in [-0.2, -0.15) is 0 Å². The molecule has 0 atom stereocenters. The minimum Gasteiger partial charge on any atom is -0.222 e. The Kier molecular flexibility index (Phi) is 4.32. The molecule has 3 aromatic rings. The number of halogens is 1. The third kappa shape index (κ3) is 4.05. The second-order valence-corrected chi connectivity index (χ2v) is 6.70. The SMILES string of the molecule is Cc1cc2sc3ccccc3c2c[s+]1.[O-][Cl+3]([O-])([O-])[O-]. The second-order valence-electron chi connectivity index (χ2n) is 3.74. The first kappa shape index (κ1) is 14.5. The van der Waals surface area contributed by atoms with Crippen LogP contribution in [0, 0.1) is 17.2 Å². The molecule has 2 aromatic heterocycles. The molecule has 0 fully saturated rings. The van der Waals surface area contributed by atoms with E-state index in [9.17, 15) is 0 Å². The largest absolute Gasteiger partial charge is 0.222 e. The smallest absolute Gasteiger partial charge is 0.215 e. The van der Waals surface area contributed by atoms with Gasteiger partial charge in [-0.3, -0.25) is 0 Å². The van der Waals surface area contributed by atoms with Gasteiger partial charge >= 0.3 is 0 Å². The molecule has 0 saturated heterocycles. The van der Waals surface area contributed by atoms with Gasteiger partial charge in [0.25, 0.3) is 0 Å². The summed E-state index contributed by atoms with van der Waals surface area (Å²) >= 11 is 3.71. The average molecular weight is 317 g/mol. The number of aryl methyl sites for hydroxylation is 1. The maximum Gasteiger partial charge on any atom is 0.215 e. The summed E-state index contributed by atoms with van der Waals surface area (Å²) in [5.41, 5.74) is 0. The van der Waals surface area contributed by atoms with Crippen molar-refractivity contribution in [2.24, 2.45) is 0 Å². The van der Waals surface area contributed by atoms with Crippen LogP contribution < -0.4 is 18.6 Å². The molecule has 1 aromatic carbocycles. The molecule has 0 unspecified atom stereocenters. The van der Waals surface area contributed by atoms with E-state index in [2.05, 4.69) is 42.6 Å². The van der Waals surface area contributed by atoms with Gasteiger partial charge in [0.2, 0.25) is 21.6 Å². The van der Waals surface area contributed by atoms with Crippen molar-refractivity contribution in [3.63, 3.8) is 0 Å². The fourth-order valence-corrected chi connectivity index (χ4v) is 3.76. The highest BCUT2D eigenvalue weighted by atomic mass is 35.7. The normalized spacial score (nSPS) is 11.4. The fraction of sp³-hybridized carbons (Fsp3) is 0.0833. The van der Waals surface area contributed by atoms with Crippen LogP contribution >= 0.6 is 22.7 Å². The summed E-state index contributed by atoms with van der Waals surface area (Å²) in [6, 6.07) is 10.9. The number of rotatable bonds is 0. The summed E-state index contributed by atoms with van der Waals surface area (Å²) < 4.78 is 36.8. The van der Waals surface area contributed by atoms with Crippen LogP contribution in [-0.2, 0) is 0 Å². The van der Waals surface area contributed by atoms with E-state index in [1.54, 1.807) is 0 Å². The topological polar surface area (TPSA) is 92.2 Å². The van der Waals surface area contributed by atoms with Gasteiger partial charge in [0, 0.05) is 27.8 Å². The minimum absolute atomic E-state index is 1.38. The maximum atomic E-state index is 8.49. The highest BCUT2D eigenvalue weighted by Crippen LogP contribution is 2.35. The van der Waals surface area contributed by atoms with E-state index in [1.807, 2.05) is 22.7 Å². The van der Waals surface area contributed by atoms with Crippen LogP contribution in [-0.4, -0.2) is 0 Å². The van der Waals surface area contributed by atoms with Crippen molar-refractivity contribution in [2.75, 3.05) is 0 Å². The summed E-state index contributed by atoms with van der Waals surface area (Å²) in [4.78, 5) is 1.38. The van der Waals surface area contributed by atoms with Crippen molar-refractivity contribution < 1.29 is 28.9 Å². The highest BCUT2D eigenvalue weighted by Gasteiger charge is 2.09. The third-order valence-corrected chi connectivity index (χ3v) is 4.34. The number of fused-ring (bicyclic) bond motifs is 3. The Morgan fingerprint density at radius 3 is 2.32 bits per heavy atom. The van der Waals surface area contributed by atoms with Crippen molar-refractivity contribution in [1.29, 1.82) is 0 Å². The first-order valence-electron chi connectivity index (χ1n) is 5.16. The van der Waals surface area contributed by atoms with Gasteiger partial charge in [0.15, 0.2) is 0 Å². The van der Waals surface area contributed by atoms with Gasteiger partial charge in [-0.25, -0.2) is 18.6 Å². The van der Waals surface area contributed by atoms with Crippen LogP contribution in [0.5, 0.6) is 0 Å². The van der Waals surface area contributed by atoms with Gasteiger partial charge in [-0.1, -0.05) is 18.2 Å². The Morgan fingerprint density at radius 2 is 1.63 bits per heavy atom. The van der Waals surface area contributed by atoms with Crippen molar-refractivity contribution >= 4 is 42.8 Å². The molecule has 3 rings (SSSR count). The third-order valence-electron chi connectivity index (χ3n) is 2.36. The van der Waals surface area contributed by atoms with Crippen LogP contribution in [0.1, 0.15) is 4.88 Å². The molecule has 100 valence electrons. The van der Waals surface area contributed by atoms with E-state index in [0.717, 1.165) is 0 Å². The zero-order chi connectivity index (χ0) is 14.0. The molecule has 4 nitrogen and oxygen atoms in total. The van der Waals surface area contributed by atoms with Gasteiger partial charge in [0.05, 0.1) is 5.39 Å². The molecule has 0 saturated carbocycles. The van der Waals surface area contributed by atoms with Gasteiger partial charge in [0.1, 0.15) is 0 Å². The monoisotopic (exact) mass is 316 g/mol. The molecule has 0 N–H and O–H groups in total. The van der Waals surface area contributed by atoms with E-state index in [1.165, 1.54) is 25.0 Å². The molecule has 0 spiro atoms. The summed E-state index contributed by atoms with van der Waals surface area (Å²) in [5.74, 6) is 0. The molecule has 7 heteroatoms. The first-order chi connectivity index (χ1) is 8.84. The molecule has 0 aliphatic heterocycles. The van der Waals surface area contributed by atoms with Crippen LogP contribution in [0.2, 0.25) is 0 Å². The Hall–Kier alpha value is -0.860. The predicted octanol–water partition coefficient (Wildman–Crippen LogP) is -0.0505. The number of benzene rings is 1. The summed E-state index contributed by atoms with van der Waals surface area (Å²) in [5, 5.41) is 5.06. The highest BCUT2D eigenvalue weighted by molar-refractivity contribution is 7.26. The Bertz CT molecular complexity index is 700. The molecule has 0 radical (unpaired) electrons. The number of hydrogen-bond donors (Lipinski definition) is 0. The van der Waals surface area contributed by atoms with Gasteiger partial charge in [-0.05, 0) is 6.07 Å². The van der Waals surface area contributed by atoms with Crippen molar-refractivity contribution in [3.8, 4) is 0 Å². The zero-order valence-corrected chi connectivity index (χ0v) is 12.2. The fourth-order valence-electron chi connectivity index (χ4n) is 1.68. The average Bonchev–Trinajstić information content (AvgIpc) is 2.63. The summed E-state index contributed by atoms with van der Waals surface area (Å²) in [7, 11) is -4.94. The van der Waals surface area contributed by atoms with Crippen LogP contribution in [0.15, 0.2) is 35.7 Å². The molecule has 0 bridgehead atoms. The lowest BCUT2D eigenvalue weighted by atomic mass is 10.2. The molecule has 19 heavy (non-hydrogen) atoms. The van der Waals surface area contributed by atoms with Crippen molar-refractivity contribution in [3.05, 3.63) is 40.6 Å². The van der Waals surface area contributed by atoms with Crippen molar-refractivity contribution in [2.45, 2.75) is 6.92 Å². The lowest BCUT2D eigenvalue weighted by Crippen LogP contribution is -2.68. The van der Waals surface area contributed by atoms with Gasteiger partial charge < -0.3 is 0 Å². The molecule has 0 aliphatic carbocycles. The quantitative estimate of drug-likeness (QED) is 0.544. The van der Waals surface area contributed by atoms with E-state index >= 15 is 0 Å². The number of thiophene rings is 1.